The van der Waals surface area contributed by atoms with E-state index in [2.05, 4.69) is 44.0 Å². The predicted molar refractivity (Wildman–Crippen MR) is 113 cm³/mol. The molecule has 10 heteroatoms. The Morgan fingerprint density at radius 3 is 2.71 bits per heavy atom. The predicted octanol–water partition coefficient (Wildman–Crippen LogP) is 1.08. The molecule has 0 radical (unpaired) electrons. The molecule has 2 aromatic rings. The van der Waals surface area contributed by atoms with Gasteiger partial charge in [0.2, 0.25) is 5.89 Å². The molecule has 1 aliphatic carbocycles. The molecule has 1 aromatic heterocycles. The lowest BCUT2D eigenvalue weighted by Gasteiger charge is -2.29. The fourth-order valence-electron chi connectivity index (χ4n) is 5.43. The van der Waals surface area contributed by atoms with Crippen LogP contribution in [0.15, 0.2) is 34.9 Å². The number of rotatable bonds is 6. The molecule has 31 heavy (non-hydrogen) atoms. The molecule has 1 aromatic carbocycles. The number of nitrogens with zero attached hydrogens (tertiary/aromatic N) is 4. The number of nitrogens with one attached hydrogen (secondary N) is 1. The number of ether oxygens (including phenoxy) is 1. The molecule has 1 N–H and O–H groups in total. The van der Waals surface area contributed by atoms with Gasteiger partial charge in [0.15, 0.2) is 5.82 Å². The van der Waals surface area contributed by atoms with Crippen LogP contribution in [0.3, 0.4) is 0 Å². The Morgan fingerprint density at radius 2 is 2.00 bits per heavy atom. The van der Waals surface area contributed by atoms with Crippen molar-refractivity contribution in [3.8, 4) is 0 Å². The smallest absolute Gasteiger partial charge is 0.279 e. The second-order valence-corrected chi connectivity index (χ2v) is 10.6. The highest BCUT2D eigenvalue weighted by molar-refractivity contribution is 7.87. The quantitative estimate of drug-likeness (QED) is 0.707. The molecule has 0 amide bonds. The van der Waals surface area contributed by atoms with E-state index >= 15 is 0 Å². The summed E-state index contributed by atoms with van der Waals surface area (Å²) < 4.78 is 41.2. The Hall–Kier alpha value is -1.85. The third kappa shape index (κ3) is 4.14. The second-order valence-electron chi connectivity index (χ2n) is 8.93. The first kappa shape index (κ1) is 21.0. The Bertz CT molecular complexity index is 1010. The van der Waals surface area contributed by atoms with E-state index in [1.54, 1.807) is 0 Å². The number of aromatic nitrogens is 2. The van der Waals surface area contributed by atoms with Gasteiger partial charge in [0.05, 0.1) is 18.6 Å². The minimum atomic E-state index is -3.54. The summed E-state index contributed by atoms with van der Waals surface area (Å²) in [4.78, 5) is 7.00. The molecule has 168 valence electrons. The summed E-state index contributed by atoms with van der Waals surface area (Å²) in [5.74, 6) is 1.51. The Kier molecular flexibility index (Phi) is 5.59. The summed E-state index contributed by atoms with van der Waals surface area (Å²) in [5, 5.41) is 4.03. The molecule has 3 aliphatic rings. The first-order valence-electron chi connectivity index (χ1n) is 10.9. The lowest BCUT2D eigenvalue weighted by atomic mass is 9.80. The molecule has 1 saturated carbocycles. The van der Waals surface area contributed by atoms with E-state index in [9.17, 15) is 8.42 Å². The zero-order valence-corrected chi connectivity index (χ0v) is 18.6. The topological polar surface area (TPSA) is 101 Å². The number of fused-ring (bicyclic) bond motifs is 1. The minimum Gasteiger partial charge on any atom is -0.379 e. The van der Waals surface area contributed by atoms with Crippen LogP contribution in [0.25, 0.3) is 0 Å². The highest BCUT2D eigenvalue weighted by Gasteiger charge is 2.57. The number of benzene rings is 1. The van der Waals surface area contributed by atoms with Crippen LogP contribution in [0, 0.1) is 12.8 Å². The van der Waals surface area contributed by atoms with Gasteiger partial charge >= 0.3 is 0 Å². The van der Waals surface area contributed by atoms with Gasteiger partial charge in [-0.2, -0.15) is 22.4 Å². The molecule has 3 atom stereocenters. The highest BCUT2D eigenvalue weighted by atomic mass is 32.2. The zero-order valence-electron chi connectivity index (χ0n) is 17.7. The van der Waals surface area contributed by atoms with Crippen LogP contribution >= 0.6 is 0 Å². The fraction of sp³-hybridized carbons (Fsp3) is 0.619. The third-order valence-electron chi connectivity index (χ3n) is 6.77. The third-order valence-corrected chi connectivity index (χ3v) is 8.45. The van der Waals surface area contributed by atoms with Crippen molar-refractivity contribution in [3.05, 3.63) is 47.6 Å². The summed E-state index contributed by atoms with van der Waals surface area (Å²) in [6.07, 6.45) is 1.42. The van der Waals surface area contributed by atoms with E-state index in [1.165, 1.54) is 9.87 Å². The van der Waals surface area contributed by atoms with Crippen LogP contribution in [0.1, 0.15) is 30.1 Å². The van der Waals surface area contributed by atoms with Crippen molar-refractivity contribution in [2.45, 2.75) is 37.8 Å². The van der Waals surface area contributed by atoms with Crippen molar-refractivity contribution >= 4 is 10.2 Å². The van der Waals surface area contributed by atoms with Gasteiger partial charge < -0.3 is 9.26 Å². The number of hydrogen-bond acceptors (Lipinski definition) is 7. The van der Waals surface area contributed by atoms with Crippen LogP contribution in [-0.4, -0.2) is 73.2 Å². The lowest BCUT2D eigenvalue weighted by molar-refractivity contribution is 0.0723. The molecule has 2 aliphatic heterocycles. The standard InChI is InChI=1S/C21H29N5O4S/c1-16-22-20(30-23-16)21-12-19(24-31(27,28)26-7-9-29-10-8-26)11-18(21)14-25(15-21)13-17-5-3-2-4-6-17/h2-6,18-19,24H,7-15H2,1H3/t18-,19+,21-/m0/s1. The zero-order chi connectivity index (χ0) is 21.5. The monoisotopic (exact) mass is 447 g/mol. The molecule has 5 rings (SSSR count). The summed E-state index contributed by atoms with van der Waals surface area (Å²) in [6.45, 7) is 6.01. The molecule has 0 spiro atoms. The summed E-state index contributed by atoms with van der Waals surface area (Å²) in [6, 6.07) is 10.3. The van der Waals surface area contributed by atoms with Gasteiger partial charge in [-0.15, -0.1) is 0 Å². The minimum absolute atomic E-state index is 0.149. The van der Waals surface area contributed by atoms with Crippen LogP contribution in [0.2, 0.25) is 0 Å². The number of hydrogen-bond donors (Lipinski definition) is 1. The Balaban J connectivity index is 1.34. The summed E-state index contributed by atoms with van der Waals surface area (Å²) in [7, 11) is -3.54. The van der Waals surface area contributed by atoms with Crippen LogP contribution in [0.5, 0.6) is 0 Å². The summed E-state index contributed by atoms with van der Waals surface area (Å²) >= 11 is 0. The molecule has 3 fully saturated rings. The maximum atomic E-state index is 12.9. The molecule has 0 bridgehead atoms. The molecular weight excluding hydrogens is 418 g/mol. The van der Waals surface area contributed by atoms with Gasteiger partial charge in [0.25, 0.3) is 10.2 Å². The van der Waals surface area contributed by atoms with Crippen molar-refractivity contribution < 1.29 is 17.7 Å². The van der Waals surface area contributed by atoms with E-state index in [4.69, 9.17) is 9.26 Å². The number of aryl methyl sites for hydroxylation is 1. The van der Waals surface area contributed by atoms with Crippen molar-refractivity contribution in [2.75, 3.05) is 39.4 Å². The van der Waals surface area contributed by atoms with Crippen LogP contribution in [-0.2, 0) is 26.9 Å². The van der Waals surface area contributed by atoms with E-state index in [0.717, 1.165) is 26.1 Å². The van der Waals surface area contributed by atoms with Gasteiger partial charge in [-0.3, -0.25) is 4.90 Å². The van der Waals surface area contributed by atoms with Crippen LogP contribution < -0.4 is 4.72 Å². The molecule has 2 saturated heterocycles. The average Bonchev–Trinajstić information content (AvgIpc) is 3.42. The van der Waals surface area contributed by atoms with E-state index < -0.39 is 10.2 Å². The average molecular weight is 448 g/mol. The SMILES string of the molecule is Cc1noc([C@]23C[C@H](NS(=O)(=O)N4CCOCC4)C[C@H]2CN(Cc2ccccc2)C3)n1. The molecule has 0 unspecified atom stereocenters. The second kappa shape index (κ2) is 8.25. The molecule has 3 heterocycles. The van der Waals surface area contributed by atoms with Gasteiger partial charge in [-0.25, -0.2) is 0 Å². The molecule has 9 nitrogen and oxygen atoms in total. The Labute approximate surface area is 182 Å². The maximum absolute atomic E-state index is 12.9. The highest BCUT2D eigenvalue weighted by Crippen LogP contribution is 2.50. The van der Waals surface area contributed by atoms with Crippen molar-refractivity contribution in [3.63, 3.8) is 0 Å². The normalized spacial score (nSPS) is 30.0. The lowest BCUT2D eigenvalue weighted by Crippen LogP contribution is -2.49. The Morgan fingerprint density at radius 1 is 1.23 bits per heavy atom. The van der Waals surface area contributed by atoms with Gasteiger partial charge in [-0.05, 0) is 31.2 Å². The largest absolute Gasteiger partial charge is 0.379 e. The number of morpholine rings is 1. The van der Waals surface area contributed by atoms with Gasteiger partial charge in [0, 0.05) is 38.8 Å². The summed E-state index contributed by atoms with van der Waals surface area (Å²) in [5.41, 5.74) is 0.942. The van der Waals surface area contributed by atoms with E-state index in [-0.39, 0.29) is 17.4 Å². The fourth-order valence-corrected chi connectivity index (χ4v) is 6.81. The van der Waals surface area contributed by atoms with Crippen molar-refractivity contribution in [2.24, 2.45) is 5.92 Å². The molecular formula is C21H29N5O4S. The maximum Gasteiger partial charge on any atom is 0.279 e. The first-order chi connectivity index (χ1) is 14.9. The first-order valence-corrected chi connectivity index (χ1v) is 12.3. The van der Waals surface area contributed by atoms with Gasteiger partial charge in [0.1, 0.15) is 0 Å². The van der Waals surface area contributed by atoms with Crippen molar-refractivity contribution in [1.82, 2.24) is 24.1 Å². The van der Waals surface area contributed by atoms with E-state index in [1.807, 2.05) is 13.0 Å². The number of likely N-dealkylation sites (tertiary alicyclic amines) is 1. The van der Waals surface area contributed by atoms with E-state index in [0.29, 0.717) is 44.4 Å². The van der Waals surface area contributed by atoms with Crippen molar-refractivity contribution in [1.29, 1.82) is 0 Å². The van der Waals surface area contributed by atoms with Gasteiger partial charge in [-0.1, -0.05) is 35.5 Å². The van der Waals surface area contributed by atoms with Crippen LogP contribution in [0.4, 0.5) is 0 Å².